The largest absolute Gasteiger partial charge is 0.481 e. The lowest BCUT2D eigenvalue weighted by atomic mass is 10.2. The number of hydrogen-bond acceptors (Lipinski definition) is 5. The van der Waals surface area contributed by atoms with E-state index in [0.29, 0.717) is 11.4 Å². The minimum Gasteiger partial charge on any atom is -0.481 e. The molecule has 0 saturated carbocycles. The fraction of sp³-hybridized carbons (Fsp3) is 0.111. The maximum Gasteiger partial charge on any atom is 0.316 e. The standard InChI is InChI=1S/C18H17N2O5P/c1-3-12-24-17-10-11-18(20(21)22)15(13-17)14-25-26(23,4-2)19-16-8-6-5-7-9-16/h1,4-11,13H,2,12,14H2,(H,19,23). The molecule has 2 rings (SSSR count). The lowest BCUT2D eigenvalue weighted by Gasteiger charge is -2.17. The molecule has 0 fully saturated rings. The highest BCUT2D eigenvalue weighted by atomic mass is 31.2. The Morgan fingerprint density at radius 3 is 2.65 bits per heavy atom. The second-order valence-corrected chi connectivity index (χ2v) is 7.11. The van der Waals surface area contributed by atoms with Gasteiger partial charge in [0.25, 0.3) is 5.69 Å². The van der Waals surface area contributed by atoms with Gasteiger partial charge in [-0.25, -0.2) is 0 Å². The number of benzene rings is 2. The molecule has 1 atom stereocenters. The molecular weight excluding hydrogens is 355 g/mol. The Morgan fingerprint density at radius 2 is 2.04 bits per heavy atom. The van der Waals surface area contributed by atoms with Crippen molar-refractivity contribution in [3.63, 3.8) is 0 Å². The molecule has 0 amide bonds. The van der Waals surface area contributed by atoms with Crippen molar-refractivity contribution in [2.75, 3.05) is 11.7 Å². The highest BCUT2D eigenvalue weighted by Crippen LogP contribution is 2.48. The number of nitrogens with one attached hydrogen (secondary N) is 1. The maximum absolute atomic E-state index is 12.8. The molecule has 1 unspecified atom stereocenters. The van der Waals surface area contributed by atoms with Crippen molar-refractivity contribution in [3.05, 3.63) is 76.6 Å². The molecule has 0 heterocycles. The van der Waals surface area contributed by atoms with Crippen LogP contribution < -0.4 is 9.82 Å². The third-order valence-corrected chi connectivity index (χ3v) is 4.84. The van der Waals surface area contributed by atoms with Gasteiger partial charge < -0.3 is 14.3 Å². The molecule has 2 aromatic rings. The Kier molecular flexibility index (Phi) is 6.56. The minimum atomic E-state index is -3.46. The first-order chi connectivity index (χ1) is 12.5. The first-order valence-electron chi connectivity index (χ1n) is 7.52. The summed E-state index contributed by atoms with van der Waals surface area (Å²) in [5.41, 5.74) is 0.617. The lowest BCUT2D eigenvalue weighted by Crippen LogP contribution is -2.03. The van der Waals surface area contributed by atoms with E-state index in [9.17, 15) is 14.7 Å². The van der Waals surface area contributed by atoms with E-state index in [2.05, 4.69) is 17.6 Å². The van der Waals surface area contributed by atoms with E-state index in [1.165, 1.54) is 18.2 Å². The number of nitro groups is 1. The van der Waals surface area contributed by atoms with Crippen molar-refractivity contribution in [1.82, 2.24) is 0 Å². The van der Waals surface area contributed by atoms with Crippen LogP contribution in [-0.4, -0.2) is 11.5 Å². The van der Waals surface area contributed by atoms with Crippen molar-refractivity contribution in [1.29, 1.82) is 0 Å². The quantitative estimate of drug-likeness (QED) is 0.300. The van der Waals surface area contributed by atoms with Crippen molar-refractivity contribution in [2.45, 2.75) is 6.61 Å². The average molecular weight is 372 g/mol. The Morgan fingerprint density at radius 1 is 1.31 bits per heavy atom. The van der Waals surface area contributed by atoms with Crippen molar-refractivity contribution < 1.29 is 18.7 Å². The Labute approximate surface area is 151 Å². The molecule has 0 aliphatic carbocycles. The number of terminal acetylenes is 1. The molecule has 0 saturated heterocycles. The molecule has 8 heteroatoms. The fourth-order valence-electron chi connectivity index (χ4n) is 2.06. The third kappa shape index (κ3) is 5.21. The summed E-state index contributed by atoms with van der Waals surface area (Å²) < 4.78 is 23.5. The zero-order valence-electron chi connectivity index (χ0n) is 13.8. The highest BCUT2D eigenvalue weighted by molar-refractivity contribution is 7.63. The molecule has 1 N–H and O–H groups in total. The molecule has 0 spiro atoms. The minimum absolute atomic E-state index is 0.0266. The van der Waals surface area contributed by atoms with Gasteiger partial charge in [-0.2, -0.15) is 0 Å². The molecule has 0 bridgehead atoms. The van der Waals surface area contributed by atoms with Gasteiger partial charge in [0.1, 0.15) is 12.4 Å². The Bertz CT molecular complexity index is 877. The molecule has 134 valence electrons. The SMILES string of the molecule is C#CCOc1ccc([N+](=O)[O-])c(COP(=O)(C=C)Nc2ccccc2)c1. The first kappa shape index (κ1) is 19.3. The van der Waals surface area contributed by atoms with Crippen LogP contribution in [0, 0.1) is 22.5 Å². The van der Waals surface area contributed by atoms with E-state index in [4.69, 9.17) is 15.7 Å². The maximum atomic E-state index is 12.8. The molecule has 7 nitrogen and oxygen atoms in total. The van der Waals surface area contributed by atoms with Gasteiger partial charge in [-0.05, 0) is 24.3 Å². The third-order valence-electron chi connectivity index (χ3n) is 3.28. The smallest absolute Gasteiger partial charge is 0.316 e. The van der Waals surface area contributed by atoms with Crippen LogP contribution in [-0.2, 0) is 15.7 Å². The van der Waals surface area contributed by atoms with Gasteiger partial charge in [0.15, 0.2) is 0 Å². The van der Waals surface area contributed by atoms with Crippen LogP contribution in [0.25, 0.3) is 0 Å². The van der Waals surface area contributed by atoms with E-state index in [0.717, 1.165) is 5.82 Å². The summed E-state index contributed by atoms with van der Waals surface area (Å²) >= 11 is 0. The van der Waals surface area contributed by atoms with Crippen LogP contribution in [0.3, 0.4) is 0 Å². The number of para-hydroxylation sites is 1. The van der Waals surface area contributed by atoms with Gasteiger partial charge in [-0.3, -0.25) is 14.7 Å². The summed E-state index contributed by atoms with van der Waals surface area (Å²) in [5, 5.41) is 14.0. The number of nitrogens with zero attached hydrogens (tertiary/aromatic N) is 1. The number of nitro benzene ring substituents is 1. The van der Waals surface area contributed by atoms with Crippen molar-refractivity contribution in [3.8, 4) is 18.1 Å². The zero-order valence-corrected chi connectivity index (χ0v) is 14.7. The number of ether oxygens (including phenoxy) is 1. The van der Waals surface area contributed by atoms with Gasteiger partial charge >= 0.3 is 7.52 Å². The van der Waals surface area contributed by atoms with E-state index in [1.54, 1.807) is 24.3 Å². The molecule has 0 aromatic heterocycles. The molecule has 26 heavy (non-hydrogen) atoms. The number of rotatable bonds is 9. The van der Waals surface area contributed by atoms with Gasteiger partial charge in [0, 0.05) is 17.6 Å². The van der Waals surface area contributed by atoms with Crippen molar-refractivity contribution >= 4 is 18.9 Å². The average Bonchev–Trinajstić information content (AvgIpc) is 2.65. The normalized spacial score (nSPS) is 12.4. The van der Waals surface area contributed by atoms with Gasteiger partial charge in [-0.15, -0.1) is 6.42 Å². The second-order valence-electron chi connectivity index (χ2n) is 5.07. The predicted molar refractivity (Wildman–Crippen MR) is 100 cm³/mol. The summed E-state index contributed by atoms with van der Waals surface area (Å²) in [7, 11) is -3.46. The van der Waals surface area contributed by atoms with Crippen molar-refractivity contribution in [2.24, 2.45) is 0 Å². The Balaban J connectivity index is 2.19. The Hall–Kier alpha value is -3.07. The fourth-order valence-corrected chi connectivity index (χ4v) is 3.16. The van der Waals surface area contributed by atoms with Crippen LogP contribution in [0.5, 0.6) is 5.75 Å². The van der Waals surface area contributed by atoms with Crippen LogP contribution in [0.15, 0.2) is 60.9 Å². The van der Waals surface area contributed by atoms with E-state index in [-0.39, 0.29) is 24.5 Å². The van der Waals surface area contributed by atoms with Crippen LogP contribution in [0.4, 0.5) is 11.4 Å². The molecule has 0 aliphatic heterocycles. The number of anilines is 1. The first-order valence-corrected chi connectivity index (χ1v) is 9.21. The summed E-state index contributed by atoms with van der Waals surface area (Å²) in [6, 6.07) is 13.0. The lowest BCUT2D eigenvalue weighted by molar-refractivity contribution is -0.385. The summed E-state index contributed by atoms with van der Waals surface area (Å²) in [6.07, 6.45) is 5.14. The molecule has 0 aliphatic rings. The predicted octanol–water partition coefficient (Wildman–Crippen LogP) is 4.57. The van der Waals surface area contributed by atoms with Crippen LogP contribution in [0.1, 0.15) is 5.56 Å². The molecule has 2 aromatic carbocycles. The highest BCUT2D eigenvalue weighted by Gasteiger charge is 2.22. The number of hydrogen-bond donors (Lipinski definition) is 1. The summed E-state index contributed by atoms with van der Waals surface area (Å²) in [5.74, 6) is 3.83. The summed E-state index contributed by atoms with van der Waals surface area (Å²) in [6.45, 7) is 3.28. The summed E-state index contributed by atoms with van der Waals surface area (Å²) in [4.78, 5) is 10.7. The van der Waals surface area contributed by atoms with Gasteiger partial charge in [0.05, 0.1) is 17.1 Å². The van der Waals surface area contributed by atoms with E-state index < -0.39 is 12.4 Å². The van der Waals surface area contributed by atoms with Gasteiger partial charge in [0.2, 0.25) is 0 Å². The van der Waals surface area contributed by atoms with E-state index >= 15 is 0 Å². The van der Waals surface area contributed by atoms with Gasteiger partial charge in [-0.1, -0.05) is 30.7 Å². The van der Waals surface area contributed by atoms with E-state index in [1.807, 2.05) is 6.07 Å². The monoisotopic (exact) mass is 372 g/mol. The van der Waals surface area contributed by atoms with Crippen LogP contribution >= 0.6 is 7.52 Å². The molecular formula is C18H17N2O5P. The zero-order chi connectivity index (χ0) is 19.0. The second kappa shape index (κ2) is 8.86. The molecule has 0 radical (unpaired) electrons. The van der Waals surface area contributed by atoms with Crippen LogP contribution in [0.2, 0.25) is 0 Å². The topological polar surface area (TPSA) is 90.7 Å².